The van der Waals surface area contributed by atoms with Crippen LogP contribution in [0.25, 0.3) is 33.4 Å². The van der Waals surface area contributed by atoms with E-state index in [2.05, 4.69) is 71.4 Å². The summed E-state index contributed by atoms with van der Waals surface area (Å²) in [6, 6.07) is 25.6. The standard InChI is InChI=1S/C28H24N4/c1-19-7-5-10-24(30-19)28-27(26-11-6-16-32(26)31-28)23-14-15-29-25-18-21(12-13-22(23)25)17-20-8-3-2-4-9-20/h2-5,7-10,12-15,18H,6,11,16-17H2,1H3. The predicted molar refractivity (Wildman–Crippen MR) is 129 cm³/mol. The van der Waals surface area contributed by atoms with E-state index in [9.17, 15) is 0 Å². The van der Waals surface area contributed by atoms with Crippen LogP contribution in [-0.4, -0.2) is 19.7 Å². The van der Waals surface area contributed by atoms with Crippen molar-refractivity contribution in [1.29, 1.82) is 0 Å². The Morgan fingerprint density at radius 2 is 1.81 bits per heavy atom. The second kappa shape index (κ2) is 7.72. The third-order valence-corrected chi connectivity index (χ3v) is 6.30. The number of aromatic nitrogens is 4. The van der Waals surface area contributed by atoms with Crippen molar-refractivity contribution in [1.82, 2.24) is 19.7 Å². The Hall–Kier alpha value is -3.79. The van der Waals surface area contributed by atoms with E-state index in [1.165, 1.54) is 33.3 Å². The van der Waals surface area contributed by atoms with E-state index in [-0.39, 0.29) is 0 Å². The van der Waals surface area contributed by atoms with Crippen LogP contribution in [0, 0.1) is 6.92 Å². The first kappa shape index (κ1) is 18.9. The molecule has 0 aliphatic carbocycles. The normalized spacial score (nSPS) is 12.9. The fraction of sp³-hybridized carbons (Fsp3) is 0.179. The van der Waals surface area contributed by atoms with Gasteiger partial charge >= 0.3 is 0 Å². The lowest BCUT2D eigenvalue weighted by atomic mass is 9.95. The second-order valence-electron chi connectivity index (χ2n) is 8.53. The van der Waals surface area contributed by atoms with Crippen molar-refractivity contribution in [3.8, 4) is 22.5 Å². The highest BCUT2D eigenvalue weighted by atomic mass is 15.3. The van der Waals surface area contributed by atoms with Crippen LogP contribution < -0.4 is 0 Å². The Morgan fingerprint density at radius 3 is 2.69 bits per heavy atom. The highest BCUT2D eigenvalue weighted by Crippen LogP contribution is 2.39. The number of hydrogen-bond donors (Lipinski definition) is 0. The van der Waals surface area contributed by atoms with Crippen LogP contribution in [0.4, 0.5) is 0 Å². The van der Waals surface area contributed by atoms with Gasteiger partial charge in [-0.2, -0.15) is 5.10 Å². The van der Waals surface area contributed by atoms with E-state index in [0.29, 0.717) is 0 Å². The lowest BCUT2D eigenvalue weighted by Gasteiger charge is -2.10. The SMILES string of the molecule is Cc1cccc(-c2nn3c(c2-c2ccnc4cc(Cc5ccccc5)ccc24)CCC3)n1. The van der Waals surface area contributed by atoms with E-state index in [0.717, 1.165) is 48.4 Å². The van der Waals surface area contributed by atoms with Gasteiger partial charge in [0.15, 0.2) is 0 Å². The smallest absolute Gasteiger partial charge is 0.119 e. The van der Waals surface area contributed by atoms with E-state index in [1.54, 1.807) is 0 Å². The first-order valence-corrected chi connectivity index (χ1v) is 11.2. The minimum atomic E-state index is 0.907. The summed E-state index contributed by atoms with van der Waals surface area (Å²) in [7, 11) is 0. The molecule has 6 rings (SSSR count). The highest BCUT2D eigenvalue weighted by molar-refractivity contribution is 5.99. The van der Waals surface area contributed by atoms with Gasteiger partial charge < -0.3 is 0 Å². The fourth-order valence-electron chi connectivity index (χ4n) is 4.82. The Bertz CT molecular complexity index is 1430. The molecule has 4 nitrogen and oxygen atoms in total. The maximum absolute atomic E-state index is 4.99. The van der Waals surface area contributed by atoms with Crippen LogP contribution in [0.5, 0.6) is 0 Å². The molecule has 0 atom stereocenters. The van der Waals surface area contributed by atoms with Crippen LogP contribution >= 0.6 is 0 Å². The molecule has 5 aromatic rings. The fourth-order valence-corrected chi connectivity index (χ4v) is 4.82. The summed E-state index contributed by atoms with van der Waals surface area (Å²) in [5.74, 6) is 0. The average Bonchev–Trinajstić information content (AvgIpc) is 3.41. The molecule has 0 saturated carbocycles. The van der Waals surface area contributed by atoms with Crippen molar-refractivity contribution in [3.05, 3.63) is 102 Å². The van der Waals surface area contributed by atoms with E-state index in [1.807, 2.05) is 19.2 Å². The first-order chi connectivity index (χ1) is 15.8. The molecule has 1 aliphatic heterocycles. The Morgan fingerprint density at radius 1 is 0.906 bits per heavy atom. The third-order valence-electron chi connectivity index (χ3n) is 6.30. The van der Waals surface area contributed by atoms with Gasteiger partial charge in [0.2, 0.25) is 0 Å². The number of nitrogens with zero attached hydrogens (tertiary/aromatic N) is 4. The summed E-state index contributed by atoms with van der Waals surface area (Å²) < 4.78 is 2.17. The average molecular weight is 417 g/mol. The lowest BCUT2D eigenvalue weighted by Crippen LogP contribution is -1.95. The number of benzene rings is 2. The summed E-state index contributed by atoms with van der Waals surface area (Å²) in [6.45, 7) is 3.00. The molecule has 3 aromatic heterocycles. The number of pyridine rings is 2. The summed E-state index contributed by atoms with van der Waals surface area (Å²) in [5.41, 5.74) is 10.2. The van der Waals surface area contributed by atoms with Crippen LogP contribution in [-0.2, 0) is 19.4 Å². The predicted octanol–water partition coefficient (Wildman–Crippen LogP) is 6.01. The van der Waals surface area contributed by atoms with Gasteiger partial charge in [-0.05, 0) is 67.1 Å². The molecule has 4 heteroatoms. The number of aryl methyl sites for hydroxylation is 2. The van der Waals surface area contributed by atoms with Crippen molar-refractivity contribution in [3.63, 3.8) is 0 Å². The van der Waals surface area contributed by atoms with E-state index in [4.69, 9.17) is 15.1 Å². The summed E-state index contributed by atoms with van der Waals surface area (Å²) in [4.78, 5) is 9.51. The molecule has 0 bridgehead atoms. The van der Waals surface area contributed by atoms with Crippen molar-refractivity contribution in [2.45, 2.75) is 32.7 Å². The van der Waals surface area contributed by atoms with Crippen LogP contribution in [0.1, 0.15) is 28.9 Å². The molecule has 0 unspecified atom stereocenters. The Balaban J connectivity index is 1.50. The molecule has 156 valence electrons. The maximum Gasteiger partial charge on any atom is 0.119 e. The Kier molecular flexibility index (Phi) is 4.57. The minimum Gasteiger partial charge on any atom is -0.268 e. The zero-order chi connectivity index (χ0) is 21.5. The summed E-state index contributed by atoms with van der Waals surface area (Å²) in [6.07, 6.45) is 5.02. The third kappa shape index (κ3) is 3.28. The summed E-state index contributed by atoms with van der Waals surface area (Å²) >= 11 is 0. The number of hydrogen-bond acceptors (Lipinski definition) is 3. The van der Waals surface area contributed by atoms with Crippen molar-refractivity contribution in [2.24, 2.45) is 0 Å². The van der Waals surface area contributed by atoms with Crippen LogP contribution in [0.3, 0.4) is 0 Å². The lowest BCUT2D eigenvalue weighted by molar-refractivity contribution is 0.658. The molecule has 0 saturated heterocycles. The van der Waals surface area contributed by atoms with Gasteiger partial charge in [0.1, 0.15) is 5.69 Å². The zero-order valence-electron chi connectivity index (χ0n) is 18.1. The van der Waals surface area contributed by atoms with Gasteiger partial charge in [-0.15, -0.1) is 0 Å². The molecule has 1 aliphatic rings. The molecule has 0 N–H and O–H groups in total. The molecule has 32 heavy (non-hydrogen) atoms. The molecule has 4 heterocycles. The second-order valence-corrected chi connectivity index (χ2v) is 8.53. The zero-order valence-corrected chi connectivity index (χ0v) is 18.1. The summed E-state index contributed by atoms with van der Waals surface area (Å²) in [5, 5.41) is 6.16. The number of rotatable bonds is 4. The van der Waals surface area contributed by atoms with E-state index >= 15 is 0 Å². The van der Waals surface area contributed by atoms with Crippen molar-refractivity contribution >= 4 is 10.9 Å². The van der Waals surface area contributed by atoms with Gasteiger partial charge in [0.25, 0.3) is 0 Å². The van der Waals surface area contributed by atoms with Crippen molar-refractivity contribution < 1.29 is 0 Å². The monoisotopic (exact) mass is 416 g/mol. The van der Waals surface area contributed by atoms with E-state index < -0.39 is 0 Å². The van der Waals surface area contributed by atoms with Gasteiger partial charge in [-0.1, -0.05) is 48.5 Å². The van der Waals surface area contributed by atoms with Crippen molar-refractivity contribution in [2.75, 3.05) is 0 Å². The molecule has 0 fully saturated rings. The minimum absolute atomic E-state index is 0.907. The van der Waals surface area contributed by atoms with Crippen LogP contribution in [0.2, 0.25) is 0 Å². The van der Waals surface area contributed by atoms with Gasteiger partial charge in [0.05, 0.1) is 11.2 Å². The van der Waals surface area contributed by atoms with Gasteiger partial charge in [0, 0.05) is 35.1 Å². The highest BCUT2D eigenvalue weighted by Gasteiger charge is 2.25. The molecular weight excluding hydrogens is 392 g/mol. The topological polar surface area (TPSA) is 43.6 Å². The first-order valence-electron chi connectivity index (χ1n) is 11.2. The molecule has 0 radical (unpaired) electrons. The number of fused-ring (bicyclic) bond motifs is 2. The van der Waals surface area contributed by atoms with Gasteiger partial charge in [-0.3, -0.25) is 14.6 Å². The molecule has 0 spiro atoms. The quantitative estimate of drug-likeness (QED) is 0.361. The molecular formula is C28H24N4. The molecule has 0 amide bonds. The van der Waals surface area contributed by atoms with Crippen LogP contribution in [0.15, 0.2) is 79.0 Å². The Labute approximate surface area is 187 Å². The molecule has 2 aromatic carbocycles. The largest absolute Gasteiger partial charge is 0.268 e. The van der Waals surface area contributed by atoms with Gasteiger partial charge in [-0.25, -0.2) is 0 Å². The maximum atomic E-state index is 4.99.